The fraction of sp³-hybridized carbons (Fsp3) is 0.667. The van der Waals surface area contributed by atoms with Gasteiger partial charge in [0.2, 0.25) is 0 Å². The summed E-state index contributed by atoms with van der Waals surface area (Å²) in [5.41, 5.74) is 3.74. The Morgan fingerprint density at radius 1 is 1.04 bits per heavy atom. The Hall–Kier alpha value is -3.03. The molecule has 1 aromatic carbocycles. The maximum atomic E-state index is 14.1. The van der Waals surface area contributed by atoms with Crippen LogP contribution in [0.4, 0.5) is 10.2 Å². The Bertz CT molecular complexity index is 1780. The summed E-state index contributed by atoms with van der Waals surface area (Å²) in [7, 11) is -4.86. The van der Waals surface area contributed by atoms with Crippen molar-refractivity contribution in [3.05, 3.63) is 59.3 Å². The van der Waals surface area contributed by atoms with Gasteiger partial charge in [-0.1, -0.05) is 90.4 Å². The molecule has 55 heavy (non-hydrogen) atoms. The second-order valence-corrected chi connectivity index (χ2v) is 16.3. The average molecular weight is 790 g/mol. The first-order valence-electron chi connectivity index (χ1n) is 19.6. The number of anilines is 1. The summed E-state index contributed by atoms with van der Waals surface area (Å²) in [5, 5.41) is 36.0. The number of hydrogen-bond donors (Lipinski definition) is 4. The van der Waals surface area contributed by atoms with Crippen molar-refractivity contribution in [1.29, 1.82) is 5.26 Å². The van der Waals surface area contributed by atoms with Gasteiger partial charge in [-0.15, -0.1) is 0 Å². The van der Waals surface area contributed by atoms with Crippen LogP contribution >= 0.6 is 7.82 Å². The number of nitrogens with zero attached hydrogens (tertiary/aromatic N) is 4. The summed E-state index contributed by atoms with van der Waals surface area (Å²) in [6.07, 6.45) is 13.7. The summed E-state index contributed by atoms with van der Waals surface area (Å²) < 4.78 is 57.2. The van der Waals surface area contributed by atoms with Crippen LogP contribution in [0, 0.1) is 17.1 Å². The van der Waals surface area contributed by atoms with E-state index < -0.39 is 55.9 Å². The van der Waals surface area contributed by atoms with E-state index in [1.54, 1.807) is 12.1 Å². The monoisotopic (exact) mass is 789 g/mol. The molecule has 0 radical (unpaired) electrons. The van der Waals surface area contributed by atoms with E-state index in [2.05, 4.69) is 17.0 Å². The van der Waals surface area contributed by atoms with Gasteiger partial charge in [0.05, 0.1) is 37.1 Å². The minimum Gasteiger partial charge on any atom is -0.387 e. The van der Waals surface area contributed by atoms with E-state index >= 15 is 0 Å². The molecular formula is C39H57FN5O9P. The number of nitrogen functional groups attached to an aromatic ring is 1. The molecule has 3 aromatic rings. The van der Waals surface area contributed by atoms with E-state index in [0.29, 0.717) is 23.4 Å². The topological polar surface area (TPSA) is 204 Å². The van der Waals surface area contributed by atoms with Crippen LogP contribution in [0.1, 0.15) is 127 Å². The van der Waals surface area contributed by atoms with Crippen molar-refractivity contribution in [2.75, 3.05) is 25.6 Å². The highest BCUT2D eigenvalue weighted by Crippen LogP contribution is 2.68. The average Bonchev–Trinajstić information content (AvgIpc) is 3.42. The smallest absolute Gasteiger partial charge is 0.387 e. The minimum absolute atomic E-state index is 0.00674. The number of aliphatic hydroxyl groups is 2. The maximum absolute atomic E-state index is 14.1. The number of benzene rings is 1. The molecule has 7 atom stereocenters. The maximum Gasteiger partial charge on any atom is 0.472 e. The molecule has 2 aromatic heterocycles. The molecular weight excluding hydrogens is 732 g/mol. The molecule has 1 unspecified atom stereocenters. The van der Waals surface area contributed by atoms with Gasteiger partial charge in [0, 0.05) is 6.61 Å². The summed E-state index contributed by atoms with van der Waals surface area (Å²) in [5.74, 6) is -0.378. The molecule has 304 valence electrons. The number of hydrogen-bond acceptors (Lipinski definition) is 12. The SMILES string of the molecule is CCCCCCCCCCCCCCCCOC[C@@H](COP(=O)(O)O[C@H]1[C@]2(O)[C@@H](O)[C@@H](c3ccc4c(N)ncnn34)O[C@]12C)OCc1cc(F)cc(C#N)c1. The lowest BCUT2D eigenvalue weighted by molar-refractivity contribution is -0.0837. The summed E-state index contributed by atoms with van der Waals surface area (Å²) in [6.45, 7) is 3.60. The number of nitrogens with two attached hydrogens (primary N) is 1. The fourth-order valence-electron chi connectivity index (χ4n) is 7.43. The van der Waals surface area contributed by atoms with Gasteiger partial charge in [-0.2, -0.15) is 10.4 Å². The molecule has 1 aliphatic heterocycles. The largest absolute Gasteiger partial charge is 0.472 e. The molecule has 1 saturated carbocycles. The predicted molar refractivity (Wildman–Crippen MR) is 202 cm³/mol. The standard InChI is InChI=1S/C39H57FN5O9P/c1-3-4-5-6-7-8-9-10-11-12-13-14-15-16-19-50-25-31(51-24-29-20-28(23-41)21-30(40)22-29)26-52-55(48,49)54-37-38(2)39(37,47)35(46)34(53-38)32-17-18-33-36(42)43-27-44-45(32)33/h17-18,20-22,27,31,34-35,37,46-47H,3-16,19,24-26H2,1-2H3,(H,48,49)(H2,42,43,44)/t31-,34+,35-,37+,38+,39+/m0/s1. The number of rotatable bonds is 26. The zero-order valence-corrected chi connectivity index (χ0v) is 32.9. The molecule has 2 aliphatic rings. The van der Waals surface area contributed by atoms with Crippen LogP contribution in [-0.2, 0) is 34.4 Å². The number of fused-ring (bicyclic) bond motifs is 2. The molecule has 1 aliphatic carbocycles. The van der Waals surface area contributed by atoms with Crippen molar-refractivity contribution in [3.8, 4) is 6.07 Å². The zero-order chi connectivity index (χ0) is 39.5. The number of nitriles is 1. The Morgan fingerprint density at radius 2 is 1.69 bits per heavy atom. The second kappa shape index (κ2) is 19.9. The van der Waals surface area contributed by atoms with Crippen molar-refractivity contribution >= 4 is 19.2 Å². The van der Waals surface area contributed by atoms with Crippen molar-refractivity contribution < 1.29 is 47.3 Å². The Labute approximate surface area is 322 Å². The molecule has 3 heterocycles. The molecule has 0 bridgehead atoms. The van der Waals surface area contributed by atoms with E-state index in [1.807, 2.05) is 6.07 Å². The minimum atomic E-state index is -4.86. The lowest BCUT2D eigenvalue weighted by Crippen LogP contribution is -2.35. The first-order chi connectivity index (χ1) is 26.4. The first kappa shape index (κ1) is 43.1. The van der Waals surface area contributed by atoms with Gasteiger partial charge in [0.15, 0.2) is 11.4 Å². The zero-order valence-electron chi connectivity index (χ0n) is 32.0. The van der Waals surface area contributed by atoms with Gasteiger partial charge >= 0.3 is 7.82 Å². The number of aliphatic hydroxyl groups excluding tert-OH is 1. The highest BCUT2D eigenvalue weighted by molar-refractivity contribution is 7.47. The highest BCUT2D eigenvalue weighted by Gasteiger charge is 2.87. The molecule has 0 amide bonds. The van der Waals surface area contributed by atoms with Crippen LogP contribution in [0.3, 0.4) is 0 Å². The van der Waals surface area contributed by atoms with Gasteiger partial charge < -0.3 is 35.1 Å². The van der Waals surface area contributed by atoms with Crippen LogP contribution in [0.15, 0.2) is 36.7 Å². The molecule has 5 rings (SSSR count). The highest BCUT2D eigenvalue weighted by atomic mass is 31.2. The van der Waals surface area contributed by atoms with Crippen LogP contribution in [0.2, 0.25) is 0 Å². The quantitative estimate of drug-likeness (QED) is 0.0486. The number of phosphoric ester groups is 1. The van der Waals surface area contributed by atoms with Crippen LogP contribution < -0.4 is 5.73 Å². The molecule has 1 saturated heterocycles. The van der Waals surface area contributed by atoms with Crippen molar-refractivity contribution in [2.24, 2.45) is 0 Å². The van der Waals surface area contributed by atoms with Gasteiger partial charge in [0.1, 0.15) is 47.7 Å². The molecule has 16 heteroatoms. The lowest BCUT2D eigenvalue weighted by atomic mass is 10.0. The fourth-order valence-corrected chi connectivity index (χ4v) is 8.47. The number of aromatic nitrogens is 3. The Balaban J connectivity index is 1.06. The van der Waals surface area contributed by atoms with Gasteiger partial charge in [-0.05, 0) is 49.2 Å². The van der Waals surface area contributed by atoms with Gasteiger partial charge in [0.25, 0.3) is 0 Å². The normalized spacial score (nSPS) is 24.8. The van der Waals surface area contributed by atoms with E-state index in [1.165, 1.54) is 101 Å². The van der Waals surface area contributed by atoms with E-state index in [9.17, 15) is 29.3 Å². The first-order valence-corrected chi connectivity index (χ1v) is 21.1. The third kappa shape index (κ3) is 10.9. The summed E-state index contributed by atoms with van der Waals surface area (Å²) in [6, 6.07) is 9.02. The molecule has 5 N–H and O–H groups in total. The molecule has 2 fully saturated rings. The number of phosphoric acid groups is 1. The van der Waals surface area contributed by atoms with E-state index in [4.69, 9.17) is 29.0 Å². The Kier molecular flexibility index (Phi) is 15.6. The Morgan fingerprint density at radius 3 is 2.31 bits per heavy atom. The van der Waals surface area contributed by atoms with Gasteiger partial charge in [-0.3, -0.25) is 9.05 Å². The van der Waals surface area contributed by atoms with Crippen molar-refractivity contribution in [3.63, 3.8) is 0 Å². The number of halogens is 1. The predicted octanol–water partition coefficient (Wildman–Crippen LogP) is 6.84. The van der Waals surface area contributed by atoms with Crippen LogP contribution in [-0.4, -0.2) is 79.0 Å². The summed E-state index contributed by atoms with van der Waals surface area (Å²) in [4.78, 5) is 14.7. The van der Waals surface area contributed by atoms with Gasteiger partial charge in [-0.25, -0.2) is 18.5 Å². The van der Waals surface area contributed by atoms with Crippen LogP contribution in [0.25, 0.3) is 5.52 Å². The summed E-state index contributed by atoms with van der Waals surface area (Å²) >= 11 is 0. The number of ether oxygens (including phenoxy) is 3. The second-order valence-electron chi connectivity index (χ2n) is 14.9. The van der Waals surface area contributed by atoms with E-state index in [-0.39, 0.29) is 24.6 Å². The van der Waals surface area contributed by atoms with Crippen molar-refractivity contribution in [1.82, 2.24) is 14.6 Å². The lowest BCUT2D eigenvalue weighted by Gasteiger charge is -2.24. The van der Waals surface area contributed by atoms with Crippen LogP contribution in [0.5, 0.6) is 0 Å². The third-order valence-electron chi connectivity index (χ3n) is 10.7. The van der Waals surface area contributed by atoms with Crippen molar-refractivity contribution in [2.45, 2.75) is 146 Å². The molecule has 14 nitrogen and oxygen atoms in total. The number of unbranched alkanes of at least 4 members (excludes halogenated alkanes) is 13. The van der Waals surface area contributed by atoms with E-state index in [0.717, 1.165) is 25.3 Å². The third-order valence-corrected chi connectivity index (χ3v) is 11.7. The molecule has 0 spiro atoms.